The van der Waals surface area contributed by atoms with E-state index in [0.29, 0.717) is 11.3 Å². The Balaban J connectivity index is 2.42. The Morgan fingerprint density at radius 3 is 2.69 bits per heavy atom. The average molecular weight is 215 g/mol. The summed E-state index contributed by atoms with van der Waals surface area (Å²) in [5.74, 6) is 0. The van der Waals surface area contributed by atoms with E-state index in [0.717, 1.165) is 42.2 Å². The standard InChI is InChI=1S/C13H13NO2/c14-8-5-6-10-9-3-1-2-4-11(9)13(15)16-12(10)7-8/h5-7H,1-4,14H2. The molecule has 1 aliphatic carbocycles. The zero-order valence-electron chi connectivity index (χ0n) is 8.95. The van der Waals surface area contributed by atoms with E-state index in [1.54, 1.807) is 6.07 Å². The molecule has 0 aliphatic heterocycles. The van der Waals surface area contributed by atoms with E-state index in [1.165, 1.54) is 0 Å². The van der Waals surface area contributed by atoms with E-state index in [1.807, 2.05) is 12.1 Å². The lowest BCUT2D eigenvalue weighted by Gasteiger charge is -2.15. The lowest BCUT2D eigenvalue weighted by molar-refractivity contribution is 0.534. The van der Waals surface area contributed by atoms with Crippen molar-refractivity contribution < 1.29 is 4.42 Å². The summed E-state index contributed by atoms with van der Waals surface area (Å²) in [5, 5.41) is 1.04. The molecule has 0 spiro atoms. The zero-order valence-corrected chi connectivity index (χ0v) is 8.95. The summed E-state index contributed by atoms with van der Waals surface area (Å²) in [5.41, 5.74) is 8.78. The number of rotatable bonds is 0. The van der Waals surface area contributed by atoms with E-state index in [4.69, 9.17) is 10.2 Å². The summed E-state index contributed by atoms with van der Waals surface area (Å²) in [6.45, 7) is 0. The van der Waals surface area contributed by atoms with Gasteiger partial charge >= 0.3 is 5.63 Å². The van der Waals surface area contributed by atoms with Crippen molar-refractivity contribution in [1.82, 2.24) is 0 Å². The largest absolute Gasteiger partial charge is 0.422 e. The van der Waals surface area contributed by atoms with Crippen molar-refractivity contribution in [2.75, 3.05) is 5.73 Å². The van der Waals surface area contributed by atoms with Crippen LogP contribution in [0.25, 0.3) is 11.0 Å². The van der Waals surface area contributed by atoms with Gasteiger partial charge in [0, 0.05) is 22.7 Å². The molecule has 0 saturated heterocycles. The van der Waals surface area contributed by atoms with Crippen molar-refractivity contribution in [3.05, 3.63) is 39.7 Å². The van der Waals surface area contributed by atoms with Crippen LogP contribution in [0.3, 0.4) is 0 Å². The van der Waals surface area contributed by atoms with Crippen LogP contribution in [0.1, 0.15) is 24.0 Å². The topological polar surface area (TPSA) is 56.2 Å². The molecular formula is C13H13NO2. The van der Waals surface area contributed by atoms with Crippen LogP contribution in [-0.2, 0) is 12.8 Å². The molecule has 0 saturated carbocycles. The van der Waals surface area contributed by atoms with Gasteiger partial charge in [-0.1, -0.05) is 0 Å². The third-order valence-electron chi connectivity index (χ3n) is 3.25. The maximum Gasteiger partial charge on any atom is 0.339 e. The number of nitrogen functional groups attached to an aromatic ring is 1. The number of hydrogen-bond donors (Lipinski definition) is 1. The van der Waals surface area contributed by atoms with Gasteiger partial charge in [-0.2, -0.15) is 0 Å². The Morgan fingerprint density at radius 2 is 1.88 bits per heavy atom. The average Bonchev–Trinajstić information content (AvgIpc) is 2.29. The molecule has 1 aliphatic rings. The Kier molecular flexibility index (Phi) is 1.99. The van der Waals surface area contributed by atoms with Crippen molar-refractivity contribution >= 4 is 16.7 Å². The maximum absolute atomic E-state index is 11.8. The van der Waals surface area contributed by atoms with Gasteiger partial charge < -0.3 is 10.2 Å². The molecule has 0 unspecified atom stereocenters. The molecule has 0 radical (unpaired) electrons. The molecule has 1 aromatic carbocycles. The van der Waals surface area contributed by atoms with Gasteiger partial charge in [-0.15, -0.1) is 0 Å². The summed E-state index contributed by atoms with van der Waals surface area (Å²) in [6, 6.07) is 5.54. The van der Waals surface area contributed by atoms with Crippen LogP contribution in [0.15, 0.2) is 27.4 Å². The summed E-state index contributed by atoms with van der Waals surface area (Å²) in [4.78, 5) is 11.8. The van der Waals surface area contributed by atoms with Crippen molar-refractivity contribution in [2.45, 2.75) is 25.7 Å². The molecule has 2 N–H and O–H groups in total. The number of benzene rings is 1. The van der Waals surface area contributed by atoms with E-state index in [-0.39, 0.29) is 5.63 Å². The van der Waals surface area contributed by atoms with Crippen LogP contribution in [0.4, 0.5) is 5.69 Å². The van der Waals surface area contributed by atoms with Crippen LogP contribution in [0.5, 0.6) is 0 Å². The minimum Gasteiger partial charge on any atom is -0.422 e. The molecule has 3 nitrogen and oxygen atoms in total. The van der Waals surface area contributed by atoms with Crippen molar-refractivity contribution in [2.24, 2.45) is 0 Å². The quantitative estimate of drug-likeness (QED) is 0.541. The minimum absolute atomic E-state index is 0.187. The molecule has 0 amide bonds. The lowest BCUT2D eigenvalue weighted by Crippen LogP contribution is -2.15. The first kappa shape index (κ1) is 9.46. The number of nitrogens with two attached hydrogens (primary N) is 1. The second kappa shape index (κ2) is 3.37. The lowest BCUT2D eigenvalue weighted by atomic mass is 9.90. The highest BCUT2D eigenvalue weighted by molar-refractivity contribution is 5.84. The predicted octanol–water partition coefficient (Wildman–Crippen LogP) is 2.25. The van der Waals surface area contributed by atoms with Crippen molar-refractivity contribution in [1.29, 1.82) is 0 Å². The minimum atomic E-state index is -0.187. The first-order chi connectivity index (χ1) is 7.75. The number of aryl methyl sites for hydroxylation is 1. The van der Waals surface area contributed by atoms with E-state index >= 15 is 0 Å². The molecule has 82 valence electrons. The van der Waals surface area contributed by atoms with Gasteiger partial charge in [-0.3, -0.25) is 0 Å². The molecule has 1 aromatic heterocycles. The van der Waals surface area contributed by atoms with E-state index < -0.39 is 0 Å². The second-order valence-corrected chi connectivity index (χ2v) is 4.31. The normalized spacial score (nSPS) is 15.0. The van der Waals surface area contributed by atoms with Gasteiger partial charge in [0.2, 0.25) is 0 Å². The van der Waals surface area contributed by atoms with Crippen LogP contribution >= 0.6 is 0 Å². The fourth-order valence-corrected chi connectivity index (χ4v) is 2.46. The number of hydrogen-bond acceptors (Lipinski definition) is 3. The second-order valence-electron chi connectivity index (χ2n) is 4.31. The van der Waals surface area contributed by atoms with Crippen LogP contribution in [0, 0.1) is 0 Å². The Hall–Kier alpha value is -1.77. The molecule has 3 rings (SSSR count). The first-order valence-corrected chi connectivity index (χ1v) is 5.60. The summed E-state index contributed by atoms with van der Waals surface area (Å²) < 4.78 is 5.31. The summed E-state index contributed by atoms with van der Waals surface area (Å²) >= 11 is 0. The summed E-state index contributed by atoms with van der Waals surface area (Å²) in [7, 11) is 0. The monoisotopic (exact) mass is 215 g/mol. The third-order valence-corrected chi connectivity index (χ3v) is 3.25. The third kappa shape index (κ3) is 1.32. The van der Waals surface area contributed by atoms with Gasteiger partial charge in [0.15, 0.2) is 0 Å². The van der Waals surface area contributed by atoms with Gasteiger partial charge in [0.1, 0.15) is 5.58 Å². The smallest absolute Gasteiger partial charge is 0.339 e. The van der Waals surface area contributed by atoms with Gasteiger partial charge in [-0.25, -0.2) is 4.79 Å². The first-order valence-electron chi connectivity index (χ1n) is 5.60. The van der Waals surface area contributed by atoms with Gasteiger partial charge in [0.05, 0.1) is 0 Å². The van der Waals surface area contributed by atoms with Crippen molar-refractivity contribution in [3.63, 3.8) is 0 Å². The molecule has 2 aromatic rings. The van der Waals surface area contributed by atoms with Gasteiger partial charge in [-0.05, 0) is 43.4 Å². The Labute approximate surface area is 92.9 Å². The summed E-state index contributed by atoms with van der Waals surface area (Å²) in [6.07, 6.45) is 4.05. The van der Waals surface area contributed by atoms with E-state index in [2.05, 4.69) is 0 Å². The molecule has 16 heavy (non-hydrogen) atoms. The number of fused-ring (bicyclic) bond motifs is 3. The molecule has 0 bridgehead atoms. The van der Waals surface area contributed by atoms with Crippen LogP contribution in [0.2, 0.25) is 0 Å². The highest BCUT2D eigenvalue weighted by Crippen LogP contribution is 2.27. The Bertz CT molecular complexity index is 613. The molecular weight excluding hydrogens is 202 g/mol. The highest BCUT2D eigenvalue weighted by atomic mass is 16.4. The van der Waals surface area contributed by atoms with Crippen LogP contribution < -0.4 is 11.4 Å². The van der Waals surface area contributed by atoms with Crippen LogP contribution in [-0.4, -0.2) is 0 Å². The zero-order chi connectivity index (χ0) is 11.1. The molecule has 1 heterocycles. The molecule has 0 fully saturated rings. The van der Waals surface area contributed by atoms with E-state index in [9.17, 15) is 4.79 Å². The molecule has 3 heteroatoms. The fraction of sp³-hybridized carbons (Fsp3) is 0.308. The molecule has 0 atom stereocenters. The highest BCUT2D eigenvalue weighted by Gasteiger charge is 2.17. The van der Waals surface area contributed by atoms with Gasteiger partial charge in [0.25, 0.3) is 0 Å². The van der Waals surface area contributed by atoms with Crippen molar-refractivity contribution in [3.8, 4) is 0 Å². The Morgan fingerprint density at radius 1 is 1.12 bits per heavy atom. The predicted molar refractivity (Wildman–Crippen MR) is 63.5 cm³/mol. The SMILES string of the molecule is Nc1ccc2c3c(c(=O)oc2c1)CCCC3. The number of anilines is 1. The maximum atomic E-state index is 11.8. The fourth-order valence-electron chi connectivity index (χ4n) is 2.46.